The number of sulfonamides is 1. The van der Waals surface area contributed by atoms with E-state index in [2.05, 4.69) is 5.32 Å². The Morgan fingerprint density at radius 2 is 1.69 bits per heavy atom. The molecule has 0 bridgehead atoms. The molecule has 15 heteroatoms. The Balaban J connectivity index is 2.18. The number of nitrogens with one attached hydrogen (secondary N) is 1. The van der Waals surface area contributed by atoms with E-state index in [-0.39, 0.29) is 33.6 Å². The fourth-order valence-corrected chi connectivity index (χ4v) is 6.14. The van der Waals surface area contributed by atoms with Crippen LogP contribution in [0.1, 0.15) is 18.1 Å². The first-order chi connectivity index (χ1) is 19.7. The molecule has 0 radical (unpaired) electrons. The minimum Gasteiger partial charge on any atom is -0.495 e. The largest absolute Gasteiger partial charge is 0.495 e. The number of rotatable bonds is 11. The molecule has 3 rings (SSSR count). The summed E-state index contributed by atoms with van der Waals surface area (Å²) in [4.78, 5) is 38.2. The van der Waals surface area contributed by atoms with Crippen molar-refractivity contribution in [2.24, 2.45) is 0 Å². The molecule has 2 amide bonds. The molecule has 3 aromatic rings. The number of halogens is 3. The highest BCUT2D eigenvalue weighted by Gasteiger charge is 2.35. The molecule has 0 fully saturated rings. The third-order valence-electron chi connectivity index (χ3n) is 6.42. The van der Waals surface area contributed by atoms with Crippen LogP contribution < -0.4 is 14.4 Å². The van der Waals surface area contributed by atoms with Crippen molar-refractivity contribution in [3.63, 3.8) is 0 Å². The fraction of sp³-hybridized carbons (Fsp3) is 0.259. The summed E-state index contributed by atoms with van der Waals surface area (Å²) in [6.07, 6.45) is 0. The van der Waals surface area contributed by atoms with Crippen LogP contribution in [0.15, 0.2) is 59.5 Å². The van der Waals surface area contributed by atoms with E-state index in [9.17, 15) is 28.1 Å². The van der Waals surface area contributed by atoms with Crippen LogP contribution >= 0.6 is 34.8 Å². The van der Waals surface area contributed by atoms with Gasteiger partial charge in [0.2, 0.25) is 11.8 Å². The van der Waals surface area contributed by atoms with Crippen molar-refractivity contribution < 1.29 is 27.7 Å². The summed E-state index contributed by atoms with van der Waals surface area (Å²) in [5.74, 6) is -1.24. The number of nitrogens with zero attached hydrogens (tertiary/aromatic N) is 3. The molecule has 3 aromatic carbocycles. The minimum atomic E-state index is -4.64. The molecule has 42 heavy (non-hydrogen) atoms. The first-order valence-electron chi connectivity index (χ1n) is 12.3. The predicted molar refractivity (Wildman–Crippen MR) is 161 cm³/mol. The van der Waals surface area contributed by atoms with Crippen LogP contribution in [0.25, 0.3) is 0 Å². The van der Waals surface area contributed by atoms with E-state index in [1.54, 1.807) is 12.1 Å². The standard InChI is InChI=1S/C27H27Cl3N4O7S/c1-16-5-9-21(13-23(16)34(37)38)42(39,40)33(24-12-20(29)8-10-25(24)41-4)15-26(35)32(17(2)27(36)31-3)14-18-6-7-19(28)11-22(18)30/h5-13,17H,14-15H2,1-4H3,(H,31,36)/t17-/m0/s1. The molecule has 11 nitrogen and oxygen atoms in total. The van der Waals surface area contributed by atoms with Gasteiger partial charge < -0.3 is 15.0 Å². The molecule has 0 aliphatic heterocycles. The van der Waals surface area contributed by atoms with E-state index in [1.165, 1.54) is 64.4 Å². The van der Waals surface area contributed by atoms with Gasteiger partial charge in [0.1, 0.15) is 18.3 Å². The zero-order chi connectivity index (χ0) is 31.4. The van der Waals surface area contributed by atoms with Gasteiger partial charge in [-0.25, -0.2) is 8.42 Å². The number of carbonyl (C=O) groups is 2. The number of nitro groups is 1. The SMILES string of the molecule is CNC(=O)[C@H](C)N(Cc1ccc(Cl)cc1Cl)C(=O)CN(c1cc(Cl)ccc1OC)S(=O)(=O)c1ccc(C)c([N+](=O)[O-])c1. The van der Waals surface area contributed by atoms with Gasteiger partial charge >= 0.3 is 0 Å². The quantitative estimate of drug-likeness (QED) is 0.220. The molecule has 0 unspecified atom stereocenters. The maximum atomic E-state index is 14.1. The van der Waals surface area contributed by atoms with Crippen LogP contribution in [0.2, 0.25) is 15.1 Å². The molecule has 0 aromatic heterocycles. The molecule has 224 valence electrons. The number of benzene rings is 3. The monoisotopic (exact) mass is 656 g/mol. The van der Waals surface area contributed by atoms with Crippen molar-refractivity contribution in [1.82, 2.24) is 10.2 Å². The second-order valence-corrected chi connectivity index (χ2v) is 12.2. The Morgan fingerprint density at radius 1 is 1.05 bits per heavy atom. The number of amides is 2. The lowest BCUT2D eigenvalue weighted by molar-refractivity contribution is -0.385. The smallest absolute Gasteiger partial charge is 0.273 e. The molecule has 1 N–H and O–H groups in total. The molecule has 0 aliphatic carbocycles. The first-order valence-corrected chi connectivity index (χ1v) is 14.8. The summed E-state index contributed by atoms with van der Waals surface area (Å²) in [5.41, 5.74) is 0.174. The average Bonchev–Trinajstić information content (AvgIpc) is 2.94. The van der Waals surface area contributed by atoms with E-state index in [0.717, 1.165) is 15.3 Å². The second-order valence-electron chi connectivity index (χ2n) is 9.08. The maximum absolute atomic E-state index is 14.1. The second kappa shape index (κ2) is 13.6. The Hall–Kier alpha value is -3.58. The van der Waals surface area contributed by atoms with Crippen LogP contribution in [0, 0.1) is 17.0 Å². The van der Waals surface area contributed by atoms with Gasteiger partial charge in [0.25, 0.3) is 15.7 Å². The summed E-state index contributed by atoms with van der Waals surface area (Å²) < 4.78 is 34.3. The highest BCUT2D eigenvalue weighted by molar-refractivity contribution is 7.92. The summed E-state index contributed by atoms with van der Waals surface area (Å²) in [7, 11) is -1.94. The van der Waals surface area contributed by atoms with E-state index < -0.39 is 49.9 Å². The van der Waals surface area contributed by atoms with Crippen molar-refractivity contribution in [2.45, 2.75) is 31.3 Å². The van der Waals surface area contributed by atoms with Crippen LogP contribution in [0.3, 0.4) is 0 Å². The number of hydrogen-bond acceptors (Lipinski definition) is 7. The lowest BCUT2D eigenvalue weighted by atomic mass is 10.1. The summed E-state index contributed by atoms with van der Waals surface area (Å²) in [5, 5.41) is 14.8. The van der Waals surface area contributed by atoms with Crippen molar-refractivity contribution in [3.8, 4) is 5.75 Å². The van der Waals surface area contributed by atoms with Crippen molar-refractivity contribution in [2.75, 3.05) is 25.0 Å². The van der Waals surface area contributed by atoms with E-state index in [4.69, 9.17) is 39.5 Å². The highest BCUT2D eigenvalue weighted by atomic mass is 35.5. The van der Waals surface area contributed by atoms with Gasteiger partial charge in [-0.1, -0.05) is 46.9 Å². The van der Waals surface area contributed by atoms with Crippen molar-refractivity contribution in [3.05, 3.63) is 90.9 Å². The number of likely N-dealkylation sites (N-methyl/N-ethyl adjacent to an activating group) is 1. The summed E-state index contributed by atoms with van der Waals surface area (Å²) in [6, 6.07) is 11.1. The van der Waals surface area contributed by atoms with Crippen LogP contribution in [-0.2, 0) is 26.2 Å². The zero-order valence-corrected chi connectivity index (χ0v) is 26.0. The molecular formula is C27H27Cl3N4O7S. The van der Waals surface area contributed by atoms with Crippen molar-refractivity contribution >= 4 is 68.0 Å². The Bertz CT molecular complexity index is 1640. The molecular weight excluding hydrogens is 631 g/mol. The van der Waals surface area contributed by atoms with Gasteiger partial charge in [0.05, 0.1) is 22.6 Å². The summed E-state index contributed by atoms with van der Waals surface area (Å²) >= 11 is 18.6. The van der Waals surface area contributed by atoms with E-state index in [1.807, 2.05) is 0 Å². The zero-order valence-electron chi connectivity index (χ0n) is 22.9. The number of ether oxygens (including phenoxy) is 1. The average molecular weight is 658 g/mol. The lowest BCUT2D eigenvalue weighted by Crippen LogP contribution is -2.50. The first kappa shape index (κ1) is 32.9. The van der Waals surface area contributed by atoms with Gasteiger partial charge in [-0.15, -0.1) is 0 Å². The third kappa shape index (κ3) is 7.24. The van der Waals surface area contributed by atoms with Crippen LogP contribution in [0.4, 0.5) is 11.4 Å². The van der Waals surface area contributed by atoms with Crippen LogP contribution in [-0.4, -0.2) is 56.8 Å². The number of carbonyl (C=O) groups excluding carboxylic acids is 2. The minimum absolute atomic E-state index is 0.0593. The van der Waals surface area contributed by atoms with E-state index >= 15 is 0 Å². The van der Waals surface area contributed by atoms with Crippen LogP contribution in [0.5, 0.6) is 5.75 Å². The lowest BCUT2D eigenvalue weighted by Gasteiger charge is -2.32. The topological polar surface area (TPSA) is 139 Å². The Morgan fingerprint density at radius 3 is 2.29 bits per heavy atom. The predicted octanol–water partition coefficient (Wildman–Crippen LogP) is 5.23. The number of anilines is 1. The Labute approximate surface area is 258 Å². The molecule has 0 aliphatic rings. The van der Waals surface area contributed by atoms with Gasteiger partial charge in [-0.3, -0.25) is 24.0 Å². The molecule has 0 spiro atoms. The molecule has 0 heterocycles. The van der Waals surface area contributed by atoms with Gasteiger partial charge in [-0.05, 0) is 55.8 Å². The molecule has 1 atom stereocenters. The number of nitro benzene ring substituents is 1. The third-order valence-corrected chi connectivity index (χ3v) is 9.00. The molecule has 0 saturated heterocycles. The normalized spacial score (nSPS) is 11.9. The summed E-state index contributed by atoms with van der Waals surface area (Å²) in [6.45, 7) is 1.95. The number of hydrogen-bond donors (Lipinski definition) is 1. The fourth-order valence-electron chi connectivity index (χ4n) is 4.07. The van der Waals surface area contributed by atoms with Crippen molar-refractivity contribution in [1.29, 1.82) is 0 Å². The van der Waals surface area contributed by atoms with Gasteiger partial charge in [0, 0.05) is 40.3 Å². The molecule has 0 saturated carbocycles. The maximum Gasteiger partial charge on any atom is 0.273 e. The van der Waals surface area contributed by atoms with E-state index in [0.29, 0.717) is 10.6 Å². The van der Waals surface area contributed by atoms with Gasteiger partial charge in [0.15, 0.2) is 0 Å². The highest BCUT2D eigenvalue weighted by Crippen LogP contribution is 2.36. The number of aryl methyl sites for hydroxylation is 1. The number of methoxy groups -OCH3 is 1. The van der Waals surface area contributed by atoms with Gasteiger partial charge in [-0.2, -0.15) is 0 Å². The Kier molecular flexibility index (Phi) is 10.7.